The van der Waals surface area contributed by atoms with Crippen molar-refractivity contribution >= 4 is 5.82 Å². The molecule has 0 aliphatic heterocycles. The first-order chi connectivity index (χ1) is 12.2. The van der Waals surface area contributed by atoms with Gasteiger partial charge in [0, 0.05) is 19.3 Å². The van der Waals surface area contributed by atoms with E-state index >= 15 is 0 Å². The molecule has 0 fully saturated rings. The number of nitrogens with one attached hydrogen (secondary N) is 2. The lowest BCUT2D eigenvalue weighted by Gasteiger charge is -2.12. The summed E-state index contributed by atoms with van der Waals surface area (Å²) in [4.78, 5) is 4.20. The zero-order valence-corrected chi connectivity index (χ0v) is 14.2. The van der Waals surface area contributed by atoms with Crippen LogP contribution < -0.4 is 20.1 Å². The predicted octanol–water partition coefficient (Wildman–Crippen LogP) is 3.67. The maximum absolute atomic E-state index is 12.3. The molecule has 0 saturated heterocycles. The predicted molar refractivity (Wildman–Crippen MR) is 93.3 cm³/mol. The van der Waals surface area contributed by atoms with Crippen LogP contribution in [0.1, 0.15) is 18.4 Å². The monoisotopic (exact) mass is 351 g/mol. The third kappa shape index (κ3) is 6.93. The van der Waals surface area contributed by atoms with Gasteiger partial charge in [-0.25, -0.2) is 4.98 Å². The van der Waals surface area contributed by atoms with E-state index in [0.29, 0.717) is 12.3 Å². The Labute approximate surface area is 146 Å². The van der Waals surface area contributed by atoms with Crippen LogP contribution in [-0.2, 0) is 6.54 Å². The SMILES string of the molecule is COc1cc(CNCCCCNc2ccccn2)ccc1OC(F)F. The van der Waals surface area contributed by atoms with Crippen molar-refractivity contribution < 1.29 is 18.3 Å². The molecule has 0 amide bonds. The van der Waals surface area contributed by atoms with Crippen LogP contribution in [-0.4, -0.2) is 31.8 Å². The van der Waals surface area contributed by atoms with Crippen LogP contribution in [0.2, 0.25) is 0 Å². The molecule has 2 N–H and O–H groups in total. The van der Waals surface area contributed by atoms with Crippen molar-refractivity contribution in [1.29, 1.82) is 0 Å². The Kier molecular flexibility index (Phi) is 7.91. The number of rotatable bonds is 11. The van der Waals surface area contributed by atoms with Crippen molar-refractivity contribution in [2.45, 2.75) is 26.0 Å². The number of alkyl halides is 2. The summed E-state index contributed by atoms with van der Waals surface area (Å²) in [5.74, 6) is 1.23. The van der Waals surface area contributed by atoms with E-state index in [-0.39, 0.29) is 5.75 Å². The van der Waals surface area contributed by atoms with E-state index in [1.807, 2.05) is 18.2 Å². The number of hydrogen-bond acceptors (Lipinski definition) is 5. The van der Waals surface area contributed by atoms with Crippen LogP contribution in [0.4, 0.5) is 14.6 Å². The smallest absolute Gasteiger partial charge is 0.387 e. The minimum Gasteiger partial charge on any atom is -0.493 e. The molecule has 136 valence electrons. The molecule has 1 aromatic carbocycles. The first kappa shape index (κ1) is 18.9. The summed E-state index contributed by atoms with van der Waals surface area (Å²) in [7, 11) is 1.43. The minimum absolute atomic E-state index is 0.0434. The average Bonchev–Trinajstić information content (AvgIpc) is 2.62. The van der Waals surface area contributed by atoms with Crippen LogP contribution in [0.15, 0.2) is 42.6 Å². The van der Waals surface area contributed by atoms with Crippen LogP contribution in [0.3, 0.4) is 0 Å². The van der Waals surface area contributed by atoms with Crippen molar-refractivity contribution in [3.05, 3.63) is 48.2 Å². The number of ether oxygens (including phenoxy) is 2. The van der Waals surface area contributed by atoms with Gasteiger partial charge in [0.1, 0.15) is 5.82 Å². The summed E-state index contributed by atoms with van der Waals surface area (Å²) < 4.78 is 34.1. The van der Waals surface area contributed by atoms with Crippen LogP contribution in [0, 0.1) is 0 Å². The van der Waals surface area contributed by atoms with E-state index in [9.17, 15) is 8.78 Å². The second-order valence-electron chi connectivity index (χ2n) is 5.39. The van der Waals surface area contributed by atoms with Gasteiger partial charge < -0.3 is 20.1 Å². The summed E-state index contributed by atoms with van der Waals surface area (Å²) >= 11 is 0. The minimum atomic E-state index is -2.86. The second kappa shape index (κ2) is 10.5. The fraction of sp³-hybridized carbons (Fsp3) is 0.389. The number of unbranched alkanes of at least 4 members (excludes halogenated alkanes) is 1. The fourth-order valence-electron chi connectivity index (χ4n) is 2.31. The molecule has 2 aromatic rings. The van der Waals surface area contributed by atoms with Crippen molar-refractivity contribution in [1.82, 2.24) is 10.3 Å². The molecule has 0 aliphatic carbocycles. The first-order valence-electron chi connectivity index (χ1n) is 8.16. The third-order valence-corrected chi connectivity index (χ3v) is 3.52. The number of halogens is 2. The molecular formula is C18H23F2N3O2. The summed E-state index contributed by atoms with van der Waals surface area (Å²) in [6.45, 7) is -0.496. The summed E-state index contributed by atoms with van der Waals surface area (Å²) in [5, 5.41) is 6.58. The van der Waals surface area contributed by atoms with Crippen molar-refractivity contribution in [2.75, 3.05) is 25.5 Å². The van der Waals surface area contributed by atoms with E-state index in [2.05, 4.69) is 20.4 Å². The highest BCUT2D eigenvalue weighted by Gasteiger charge is 2.10. The maximum Gasteiger partial charge on any atom is 0.387 e. The van der Waals surface area contributed by atoms with E-state index in [4.69, 9.17) is 4.74 Å². The Balaban J connectivity index is 1.64. The highest BCUT2D eigenvalue weighted by Crippen LogP contribution is 2.29. The Morgan fingerprint density at radius 1 is 1.08 bits per heavy atom. The average molecular weight is 351 g/mol. The lowest BCUT2D eigenvalue weighted by Crippen LogP contribution is -2.16. The van der Waals surface area contributed by atoms with Crippen LogP contribution in [0.25, 0.3) is 0 Å². The summed E-state index contributed by atoms with van der Waals surface area (Å²) in [6, 6.07) is 10.7. The number of nitrogens with zero attached hydrogens (tertiary/aromatic N) is 1. The number of aromatic nitrogens is 1. The molecule has 25 heavy (non-hydrogen) atoms. The maximum atomic E-state index is 12.3. The van der Waals surface area contributed by atoms with Gasteiger partial charge in [0.2, 0.25) is 0 Å². The van der Waals surface area contributed by atoms with Gasteiger partial charge in [0.15, 0.2) is 11.5 Å². The standard InChI is InChI=1S/C18H23F2N3O2/c1-24-16-12-14(7-8-15(16)25-18(19)20)13-21-9-4-5-11-23-17-6-2-3-10-22-17/h2-3,6-8,10,12,18,21H,4-5,9,11,13H2,1H3,(H,22,23). The zero-order chi connectivity index (χ0) is 17.9. The van der Waals surface area contributed by atoms with E-state index in [1.165, 1.54) is 13.2 Å². The van der Waals surface area contributed by atoms with Crippen LogP contribution in [0.5, 0.6) is 11.5 Å². The van der Waals surface area contributed by atoms with Gasteiger partial charge in [0.25, 0.3) is 0 Å². The Bertz CT molecular complexity index is 627. The molecular weight excluding hydrogens is 328 g/mol. The van der Waals surface area contributed by atoms with Crippen molar-refractivity contribution in [3.63, 3.8) is 0 Å². The highest BCUT2D eigenvalue weighted by atomic mass is 19.3. The largest absolute Gasteiger partial charge is 0.493 e. The number of anilines is 1. The van der Waals surface area contributed by atoms with Gasteiger partial charge >= 0.3 is 6.61 Å². The van der Waals surface area contributed by atoms with E-state index in [1.54, 1.807) is 18.3 Å². The molecule has 7 heteroatoms. The topological polar surface area (TPSA) is 55.4 Å². The molecule has 0 saturated carbocycles. The highest BCUT2D eigenvalue weighted by molar-refractivity contribution is 5.43. The quantitative estimate of drug-likeness (QED) is 0.605. The van der Waals surface area contributed by atoms with Crippen molar-refractivity contribution in [2.24, 2.45) is 0 Å². The molecule has 0 aliphatic rings. The summed E-state index contributed by atoms with van der Waals surface area (Å²) in [6.07, 6.45) is 3.80. The van der Waals surface area contributed by atoms with Crippen molar-refractivity contribution in [3.8, 4) is 11.5 Å². The number of methoxy groups -OCH3 is 1. The van der Waals surface area contributed by atoms with Gasteiger partial charge in [-0.05, 0) is 49.2 Å². The zero-order valence-electron chi connectivity index (χ0n) is 14.2. The summed E-state index contributed by atoms with van der Waals surface area (Å²) in [5.41, 5.74) is 0.949. The van der Waals surface area contributed by atoms with Gasteiger partial charge in [-0.2, -0.15) is 8.78 Å². The van der Waals surface area contributed by atoms with Crippen LogP contribution >= 0.6 is 0 Å². The van der Waals surface area contributed by atoms with E-state index in [0.717, 1.165) is 37.3 Å². The number of hydrogen-bond donors (Lipinski definition) is 2. The van der Waals surface area contributed by atoms with Gasteiger partial charge in [-0.3, -0.25) is 0 Å². The van der Waals surface area contributed by atoms with E-state index < -0.39 is 6.61 Å². The van der Waals surface area contributed by atoms with Gasteiger partial charge in [-0.1, -0.05) is 12.1 Å². The molecule has 1 aromatic heterocycles. The lowest BCUT2D eigenvalue weighted by molar-refractivity contribution is -0.0512. The molecule has 0 spiro atoms. The molecule has 5 nitrogen and oxygen atoms in total. The Hall–Kier alpha value is -2.41. The second-order valence-corrected chi connectivity index (χ2v) is 5.39. The Morgan fingerprint density at radius 2 is 1.92 bits per heavy atom. The number of benzene rings is 1. The molecule has 1 heterocycles. The normalized spacial score (nSPS) is 10.7. The lowest BCUT2D eigenvalue weighted by atomic mass is 10.2. The molecule has 0 bridgehead atoms. The third-order valence-electron chi connectivity index (χ3n) is 3.52. The molecule has 0 unspecified atom stereocenters. The Morgan fingerprint density at radius 3 is 2.64 bits per heavy atom. The van der Waals surface area contributed by atoms with Gasteiger partial charge in [0.05, 0.1) is 7.11 Å². The molecule has 0 radical (unpaired) electrons. The fourth-order valence-corrected chi connectivity index (χ4v) is 2.31. The first-order valence-corrected chi connectivity index (χ1v) is 8.16. The number of pyridine rings is 1. The van der Waals surface area contributed by atoms with Gasteiger partial charge in [-0.15, -0.1) is 0 Å². The molecule has 2 rings (SSSR count). The molecule has 0 atom stereocenters.